The zero-order valence-electron chi connectivity index (χ0n) is 15.2. The van der Waals surface area contributed by atoms with Gasteiger partial charge in [0, 0.05) is 12.1 Å². The highest BCUT2D eigenvalue weighted by atomic mass is 35.5. The Bertz CT molecular complexity index is 852. The van der Waals surface area contributed by atoms with Crippen molar-refractivity contribution >= 4 is 40.8 Å². The highest BCUT2D eigenvalue weighted by Gasteiger charge is 2.12. The maximum atomic E-state index is 12.0. The van der Waals surface area contributed by atoms with Gasteiger partial charge in [0.25, 0.3) is 5.91 Å². The number of rotatable bonds is 7. The quantitative estimate of drug-likeness (QED) is 0.705. The lowest BCUT2D eigenvalue weighted by atomic mass is 10.1. The molecule has 2 rings (SSSR count). The van der Waals surface area contributed by atoms with Crippen LogP contribution in [0.25, 0.3) is 0 Å². The Balaban J connectivity index is 1.72. The van der Waals surface area contributed by atoms with Gasteiger partial charge in [0.05, 0.1) is 17.1 Å². The molecule has 2 N–H and O–H groups in total. The van der Waals surface area contributed by atoms with Gasteiger partial charge in [-0.1, -0.05) is 35.9 Å². The minimum absolute atomic E-state index is 0.0294. The van der Waals surface area contributed by atoms with Gasteiger partial charge in [-0.2, -0.15) is 0 Å². The molecule has 0 atom stereocenters. The second-order valence-corrected chi connectivity index (χ2v) is 6.46. The number of esters is 1. The molecule has 0 fully saturated rings. The first kappa shape index (κ1) is 20.5. The average Bonchev–Trinajstić information content (AvgIpc) is 2.63. The number of aryl methyl sites for hydroxylation is 2. The molecule has 142 valence electrons. The predicted molar refractivity (Wildman–Crippen MR) is 105 cm³/mol. The Morgan fingerprint density at radius 3 is 2.37 bits per heavy atom. The van der Waals surface area contributed by atoms with Gasteiger partial charge < -0.3 is 15.4 Å². The topological polar surface area (TPSA) is 84.5 Å². The lowest BCUT2D eigenvalue weighted by molar-refractivity contribution is -0.147. The highest BCUT2D eigenvalue weighted by molar-refractivity contribution is 6.33. The van der Waals surface area contributed by atoms with Crippen LogP contribution < -0.4 is 10.6 Å². The van der Waals surface area contributed by atoms with E-state index in [4.69, 9.17) is 16.3 Å². The standard InChI is InChI=1S/C20H21ClN2O4/c1-13-7-8-14(2)17(11-13)23-18(24)9-10-20(26)27-12-19(25)22-16-6-4-3-5-15(16)21/h3-8,11H,9-10,12H2,1-2H3,(H,22,25)(H,23,24). The summed E-state index contributed by atoms with van der Waals surface area (Å²) in [6.45, 7) is 3.38. The van der Waals surface area contributed by atoms with Crippen molar-refractivity contribution in [1.82, 2.24) is 0 Å². The molecule has 0 spiro atoms. The van der Waals surface area contributed by atoms with E-state index >= 15 is 0 Å². The zero-order valence-corrected chi connectivity index (χ0v) is 15.9. The summed E-state index contributed by atoms with van der Waals surface area (Å²) in [7, 11) is 0. The lowest BCUT2D eigenvalue weighted by Crippen LogP contribution is -2.22. The van der Waals surface area contributed by atoms with Crippen LogP contribution in [0, 0.1) is 13.8 Å². The van der Waals surface area contributed by atoms with Gasteiger partial charge in [-0.15, -0.1) is 0 Å². The predicted octanol–water partition coefficient (Wildman–Crippen LogP) is 3.86. The summed E-state index contributed by atoms with van der Waals surface area (Å²) in [6.07, 6.45) is -0.144. The molecule has 0 aliphatic carbocycles. The number of nitrogens with one attached hydrogen (secondary N) is 2. The first-order chi connectivity index (χ1) is 12.8. The van der Waals surface area contributed by atoms with E-state index in [0.717, 1.165) is 11.1 Å². The van der Waals surface area contributed by atoms with Crippen LogP contribution in [-0.2, 0) is 19.1 Å². The summed E-state index contributed by atoms with van der Waals surface area (Å²) in [6, 6.07) is 12.5. The molecule has 0 aromatic heterocycles. The summed E-state index contributed by atoms with van der Waals surface area (Å²) in [4.78, 5) is 35.5. The maximum absolute atomic E-state index is 12.0. The molecule has 0 aliphatic rings. The van der Waals surface area contributed by atoms with E-state index in [1.165, 1.54) is 0 Å². The van der Waals surface area contributed by atoms with E-state index in [-0.39, 0.29) is 18.7 Å². The van der Waals surface area contributed by atoms with E-state index in [9.17, 15) is 14.4 Å². The zero-order chi connectivity index (χ0) is 19.8. The molecule has 0 aliphatic heterocycles. The van der Waals surface area contributed by atoms with Crippen LogP contribution >= 0.6 is 11.6 Å². The van der Waals surface area contributed by atoms with E-state index < -0.39 is 18.5 Å². The third kappa shape index (κ3) is 6.75. The molecule has 0 saturated carbocycles. The van der Waals surface area contributed by atoms with Crippen molar-refractivity contribution in [3.63, 3.8) is 0 Å². The van der Waals surface area contributed by atoms with Crippen molar-refractivity contribution in [2.75, 3.05) is 17.2 Å². The SMILES string of the molecule is Cc1ccc(C)c(NC(=O)CCC(=O)OCC(=O)Nc2ccccc2Cl)c1. The van der Waals surface area contributed by atoms with Crippen LogP contribution in [0.3, 0.4) is 0 Å². The number of halogens is 1. The number of ether oxygens (including phenoxy) is 1. The van der Waals surface area contributed by atoms with Gasteiger partial charge in [0.15, 0.2) is 6.61 Å². The van der Waals surface area contributed by atoms with Crippen molar-refractivity contribution in [3.8, 4) is 0 Å². The minimum Gasteiger partial charge on any atom is -0.456 e. The van der Waals surface area contributed by atoms with Crippen LogP contribution in [0.5, 0.6) is 0 Å². The number of benzene rings is 2. The molecular formula is C20H21ClN2O4. The fourth-order valence-corrected chi connectivity index (χ4v) is 2.45. The molecule has 0 saturated heterocycles. The summed E-state index contributed by atoms with van der Waals surface area (Å²) < 4.78 is 4.89. The summed E-state index contributed by atoms with van der Waals surface area (Å²) in [5, 5.41) is 5.71. The number of anilines is 2. The second kappa shape index (κ2) is 9.73. The number of hydrogen-bond donors (Lipinski definition) is 2. The fourth-order valence-electron chi connectivity index (χ4n) is 2.27. The molecule has 0 unspecified atom stereocenters. The Morgan fingerprint density at radius 2 is 1.63 bits per heavy atom. The molecule has 2 amide bonds. The van der Waals surface area contributed by atoms with Crippen LogP contribution in [0.1, 0.15) is 24.0 Å². The van der Waals surface area contributed by atoms with Gasteiger partial charge >= 0.3 is 5.97 Å². The Hall–Kier alpha value is -2.86. The second-order valence-electron chi connectivity index (χ2n) is 6.06. The highest BCUT2D eigenvalue weighted by Crippen LogP contribution is 2.20. The molecule has 27 heavy (non-hydrogen) atoms. The molecule has 2 aromatic carbocycles. The van der Waals surface area contributed by atoms with Gasteiger partial charge in [0.1, 0.15) is 0 Å². The fraction of sp³-hybridized carbons (Fsp3) is 0.250. The number of hydrogen-bond acceptors (Lipinski definition) is 4. The maximum Gasteiger partial charge on any atom is 0.306 e. The van der Waals surface area contributed by atoms with Crippen molar-refractivity contribution in [1.29, 1.82) is 0 Å². The molecule has 6 nitrogen and oxygen atoms in total. The number of carbonyl (C=O) groups excluding carboxylic acids is 3. The summed E-state index contributed by atoms with van der Waals surface area (Å²) in [5.41, 5.74) is 3.12. The monoisotopic (exact) mass is 388 g/mol. The number of amides is 2. The van der Waals surface area contributed by atoms with Crippen LogP contribution in [0.2, 0.25) is 5.02 Å². The first-order valence-electron chi connectivity index (χ1n) is 8.42. The smallest absolute Gasteiger partial charge is 0.306 e. The van der Waals surface area contributed by atoms with Crippen molar-refractivity contribution in [3.05, 3.63) is 58.6 Å². The van der Waals surface area contributed by atoms with Crippen LogP contribution in [0.15, 0.2) is 42.5 Å². The van der Waals surface area contributed by atoms with Gasteiger partial charge in [0.2, 0.25) is 5.91 Å². The van der Waals surface area contributed by atoms with Crippen LogP contribution in [0.4, 0.5) is 11.4 Å². The summed E-state index contributed by atoms with van der Waals surface area (Å²) >= 11 is 5.94. The van der Waals surface area contributed by atoms with Gasteiger partial charge in [-0.3, -0.25) is 14.4 Å². The Labute approximate surface area is 162 Å². The Morgan fingerprint density at radius 1 is 0.926 bits per heavy atom. The van der Waals surface area contributed by atoms with Gasteiger partial charge in [-0.25, -0.2) is 0 Å². The largest absolute Gasteiger partial charge is 0.456 e. The first-order valence-corrected chi connectivity index (χ1v) is 8.80. The van der Waals surface area contributed by atoms with E-state index in [1.807, 2.05) is 32.0 Å². The molecule has 7 heteroatoms. The number of para-hydroxylation sites is 1. The third-order valence-corrected chi connectivity index (χ3v) is 4.07. The number of carbonyl (C=O) groups is 3. The van der Waals surface area contributed by atoms with E-state index in [0.29, 0.717) is 16.4 Å². The molecule has 0 radical (unpaired) electrons. The molecule has 2 aromatic rings. The summed E-state index contributed by atoms with van der Waals surface area (Å²) in [5.74, 6) is -1.42. The van der Waals surface area contributed by atoms with Gasteiger partial charge in [-0.05, 0) is 43.2 Å². The van der Waals surface area contributed by atoms with E-state index in [1.54, 1.807) is 24.3 Å². The van der Waals surface area contributed by atoms with Crippen molar-refractivity contribution in [2.45, 2.75) is 26.7 Å². The van der Waals surface area contributed by atoms with E-state index in [2.05, 4.69) is 10.6 Å². The lowest BCUT2D eigenvalue weighted by Gasteiger charge is -2.10. The average molecular weight is 389 g/mol. The van der Waals surface area contributed by atoms with Crippen LogP contribution in [-0.4, -0.2) is 24.4 Å². The Kier molecular flexibility index (Phi) is 7.37. The minimum atomic E-state index is -0.625. The molecule has 0 heterocycles. The molecule has 0 bridgehead atoms. The molecular weight excluding hydrogens is 368 g/mol. The van der Waals surface area contributed by atoms with Crippen molar-refractivity contribution < 1.29 is 19.1 Å². The normalized spacial score (nSPS) is 10.2. The third-order valence-electron chi connectivity index (χ3n) is 3.74. The van der Waals surface area contributed by atoms with Crippen molar-refractivity contribution in [2.24, 2.45) is 0 Å².